The van der Waals surface area contributed by atoms with Crippen molar-refractivity contribution in [1.29, 1.82) is 0 Å². The van der Waals surface area contributed by atoms with Gasteiger partial charge in [0.1, 0.15) is 18.1 Å². The van der Waals surface area contributed by atoms with Crippen molar-refractivity contribution < 1.29 is 29.1 Å². The number of likely N-dealkylation sites (tertiary alicyclic amines) is 1. The molecule has 1 amide bonds. The number of aliphatic hydroxyl groups excluding tert-OH is 1. The number of hydrogen-bond acceptors (Lipinski definition) is 7. The molecule has 4 rings (SSSR count). The highest BCUT2D eigenvalue weighted by Gasteiger charge is 2.45. The normalized spacial score (nSPS) is 16.7. The van der Waals surface area contributed by atoms with Crippen LogP contribution in [0.3, 0.4) is 0 Å². The maximum Gasteiger partial charge on any atom is 0.295 e. The van der Waals surface area contributed by atoms with E-state index < -0.39 is 22.7 Å². The fourth-order valence-corrected chi connectivity index (χ4v) is 4.26. The van der Waals surface area contributed by atoms with Crippen molar-refractivity contribution in [1.82, 2.24) is 4.90 Å². The third-order valence-electron chi connectivity index (χ3n) is 6.11. The van der Waals surface area contributed by atoms with E-state index in [-0.39, 0.29) is 30.2 Å². The van der Waals surface area contributed by atoms with Gasteiger partial charge in [-0.2, -0.15) is 0 Å². The largest absolute Gasteiger partial charge is 0.507 e. The van der Waals surface area contributed by atoms with E-state index in [1.165, 1.54) is 36.3 Å². The fourth-order valence-electron chi connectivity index (χ4n) is 4.26. The van der Waals surface area contributed by atoms with Gasteiger partial charge in [-0.3, -0.25) is 19.7 Å². The van der Waals surface area contributed by atoms with Crippen LogP contribution in [-0.2, 0) is 20.9 Å². The first-order chi connectivity index (χ1) is 17.8. The lowest BCUT2D eigenvalue weighted by Crippen LogP contribution is -2.32. The molecule has 0 saturated carbocycles. The molecule has 3 aromatic rings. The lowest BCUT2D eigenvalue weighted by atomic mass is 9.95. The summed E-state index contributed by atoms with van der Waals surface area (Å²) in [5, 5.41) is 22.2. The molecule has 0 unspecified atom stereocenters. The molecule has 9 nitrogen and oxygen atoms in total. The van der Waals surface area contributed by atoms with Gasteiger partial charge in [0.2, 0.25) is 0 Å². The van der Waals surface area contributed by atoms with Crippen LogP contribution < -0.4 is 4.74 Å². The zero-order chi connectivity index (χ0) is 26.5. The molecule has 0 aromatic heterocycles. The number of methoxy groups -OCH3 is 1. The van der Waals surface area contributed by atoms with Crippen LogP contribution in [0.1, 0.15) is 28.3 Å². The third kappa shape index (κ3) is 5.52. The van der Waals surface area contributed by atoms with Crippen LogP contribution in [0.15, 0.2) is 78.4 Å². The number of aliphatic hydroxyl groups is 1. The Morgan fingerprint density at radius 3 is 2.38 bits per heavy atom. The summed E-state index contributed by atoms with van der Waals surface area (Å²) in [5.41, 5.74) is 2.72. The van der Waals surface area contributed by atoms with Gasteiger partial charge < -0.3 is 19.5 Å². The van der Waals surface area contributed by atoms with Gasteiger partial charge in [0.15, 0.2) is 0 Å². The smallest absolute Gasteiger partial charge is 0.295 e. The highest BCUT2D eigenvalue weighted by molar-refractivity contribution is 6.46. The summed E-state index contributed by atoms with van der Waals surface area (Å²) in [5.74, 6) is -1.38. The molecule has 9 heteroatoms. The summed E-state index contributed by atoms with van der Waals surface area (Å²) in [6, 6.07) is 19.1. The van der Waals surface area contributed by atoms with Gasteiger partial charge in [-0.25, -0.2) is 0 Å². The van der Waals surface area contributed by atoms with Crippen molar-refractivity contribution >= 4 is 23.1 Å². The first kappa shape index (κ1) is 25.6. The Morgan fingerprint density at radius 2 is 1.76 bits per heavy atom. The van der Waals surface area contributed by atoms with Gasteiger partial charge in [0.25, 0.3) is 17.4 Å². The molecular weight excluding hydrogens is 476 g/mol. The predicted octanol–water partition coefficient (Wildman–Crippen LogP) is 4.55. The standard InChI is InChI=1S/C28H26N2O7/c1-18-4-3-5-19(16-18)17-37-23-12-8-21(9-13-23)26(31)24-25(20-6-10-22(11-7-20)30(34)35)29(14-15-36-2)28(33)27(24)32/h3-13,16,25,31H,14-15,17H2,1-2H3/t25-/m0/s1. The highest BCUT2D eigenvalue weighted by atomic mass is 16.6. The molecule has 0 radical (unpaired) electrons. The van der Waals surface area contributed by atoms with E-state index >= 15 is 0 Å². The fraction of sp³-hybridized carbons (Fsp3) is 0.214. The van der Waals surface area contributed by atoms with E-state index in [0.29, 0.717) is 23.5 Å². The molecule has 1 saturated heterocycles. The van der Waals surface area contributed by atoms with Crippen molar-refractivity contribution in [2.24, 2.45) is 0 Å². The first-order valence-electron chi connectivity index (χ1n) is 11.6. The molecule has 190 valence electrons. The maximum atomic E-state index is 13.0. The molecule has 1 heterocycles. The van der Waals surface area contributed by atoms with E-state index in [1.807, 2.05) is 31.2 Å². The lowest BCUT2D eigenvalue weighted by molar-refractivity contribution is -0.384. The monoisotopic (exact) mass is 502 g/mol. The zero-order valence-electron chi connectivity index (χ0n) is 20.4. The number of benzene rings is 3. The molecule has 1 aliphatic rings. The van der Waals surface area contributed by atoms with Crippen molar-refractivity contribution in [3.05, 3.63) is 111 Å². The number of aryl methyl sites for hydroxylation is 1. The van der Waals surface area contributed by atoms with E-state index in [1.54, 1.807) is 24.3 Å². The summed E-state index contributed by atoms with van der Waals surface area (Å²) in [6.07, 6.45) is 0. The molecule has 0 spiro atoms. The van der Waals surface area contributed by atoms with Crippen molar-refractivity contribution in [3.8, 4) is 5.75 Å². The Balaban J connectivity index is 1.65. The number of nitro benzene ring substituents is 1. The summed E-state index contributed by atoms with van der Waals surface area (Å²) in [7, 11) is 1.47. The number of rotatable bonds is 9. The molecule has 0 aliphatic carbocycles. The van der Waals surface area contributed by atoms with Crippen LogP contribution in [0, 0.1) is 17.0 Å². The molecule has 1 N–H and O–H groups in total. The Bertz CT molecular complexity index is 1350. The highest BCUT2D eigenvalue weighted by Crippen LogP contribution is 2.39. The number of ether oxygens (including phenoxy) is 2. The number of carbonyl (C=O) groups is 2. The zero-order valence-corrected chi connectivity index (χ0v) is 20.4. The SMILES string of the molecule is COCCN1C(=O)C(=O)C(=C(O)c2ccc(OCc3cccc(C)c3)cc2)[C@@H]1c1ccc([N+](=O)[O-])cc1. The molecule has 1 aliphatic heterocycles. The molecule has 3 aromatic carbocycles. The van der Waals surface area contributed by atoms with Gasteiger partial charge in [-0.15, -0.1) is 0 Å². The predicted molar refractivity (Wildman–Crippen MR) is 136 cm³/mol. The minimum atomic E-state index is -0.923. The number of nitrogens with zero attached hydrogens (tertiary/aromatic N) is 2. The molecule has 1 atom stereocenters. The summed E-state index contributed by atoms with van der Waals surface area (Å²) in [4.78, 5) is 37.7. The Hall–Kier alpha value is -4.50. The van der Waals surface area contributed by atoms with Crippen LogP contribution in [0.4, 0.5) is 5.69 Å². The number of nitro groups is 1. The summed E-state index contributed by atoms with van der Waals surface area (Å²) in [6.45, 7) is 2.65. The van der Waals surface area contributed by atoms with Crippen LogP contribution in [0.25, 0.3) is 5.76 Å². The van der Waals surface area contributed by atoms with Crippen LogP contribution in [0.5, 0.6) is 5.75 Å². The second-order valence-corrected chi connectivity index (χ2v) is 8.64. The quantitative estimate of drug-likeness (QED) is 0.150. The van der Waals surface area contributed by atoms with Gasteiger partial charge in [0, 0.05) is 31.4 Å². The number of ketones is 1. The van der Waals surface area contributed by atoms with E-state index in [2.05, 4.69) is 0 Å². The summed E-state index contributed by atoms with van der Waals surface area (Å²) >= 11 is 0. The Morgan fingerprint density at radius 1 is 1.05 bits per heavy atom. The summed E-state index contributed by atoms with van der Waals surface area (Å²) < 4.78 is 10.9. The third-order valence-corrected chi connectivity index (χ3v) is 6.11. The van der Waals surface area contributed by atoms with Gasteiger partial charge in [0.05, 0.1) is 23.1 Å². The number of hydrogen-bond donors (Lipinski definition) is 1. The molecule has 1 fully saturated rings. The van der Waals surface area contributed by atoms with Crippen LogP contribution >= 0.6 is 0 Å². The number of amides is 1. The van der Waals surface area contributed by atoms with Crippen molar-refractivity contribution in [3.63, 3.8) is 0 Å². The van der Waals surface area contributed by atoms with Crippen molar-refractivity contribution in [2.75, 3.05) is 20.3 Å². The van der Waals surface area contributed by atoms with Crippen LogP contribution in [-0.4, -0.2) is 46.9 Å². The Labute approximate surface area is 213 Å². The maximum absolute atomic E-state index is 13.0. The molecule has 37 heavy (non-hydrogen) atoms. The topological polar surface area (TPSA) is 119 Å². The second kappa shape index (κ2) is 11.0. The van der Waals surface area contributed by atoms with E-state index in [4.69, 9.17) is 9.47 Å². The van der Waals surface area contributed by atoms with Gasteiger partial charge >= 0.3 is 0 Å². The minimum Gasteiger partial charge on any atom is -0.507 e. The van der Waals surface area contributed by atoms with E-state index in [0.717, 1.165) is 11.1 Å². The van der Waals surface area contributed by atoms with Gasteiger partial charge in [-0.1, -0.05) is 29.8 Å². The average molecular weight is 503 g/mol. The van der Waals surface area contributed by atoms with E-state index in [9.17, 15) is 24.8 Å². The molecule has 0 bridgehead atoms. The number of non-ortho nitro benzene ring substituents is 1. The second-order valence-electron chi connectivity index (χ2n) is 8.64. The van der Waals surface area contributed by atoms with Crippen molar-refractivity contribution in [2.45, 2.75) is 19.6 Å². The first-order valence-corrected chi connectivity index (χ1v) is 11.6. The Kier molecular flexibility index (Phi) is 7.64. The minimum absolute atomic E-state index is 0.0941. The molecular formula is C28H26N2O7. The number of carbonyl (C=O) groups excluding carboxylic acids is 2. The lowest BCUT2D eigenvalue weighted by Gasteiger charge is -2.25. The average Bonchev–Trinajstić information content (AvgIpc) is 3.15. The van der Waals surface area contributed by atoms with Gasteiger partial charge in [-0.05, 0) is 54.4 Å². The van der Waals surface area contributed by atoms with Crippen LogP contribution in [0.2, 0.25) is 0 Å². The number of Topliss-reactive ketones (excluding diaryl/α,β-unsaturated/α-hetero) is 1.